The van der Waals surface area contributed by atoms with Crippen LogP contribution in [-0.2, 0) is 0 Å². The van der Waals surface area contributed by atoms with E-state index >= 15 is 0 Å². The van der Waals surface area contributed by atoms with Crippen molar-refractivity contribution in [2.75, 3.05) is 25.2 Å². The van der Waals surface area contributed by atoms with E-state index in [1.54, 1.807) is 14.0 Å². The Bertz CT molecular complexity index is 428. The zero-order valence-electron chi connectivity index (χ0n) is 12.4. The molecular weight excluding hydrogens is 254 g/mol. The van der Waals surface area contributed by atoms with Crippen molar-refractivity contribution in [1.29, 1.82) is 0 Å². The van der Waals surface area contributed by atoms with E-state index in [0.29, 0.717) is 18.3 Å². The summed E-state index contributed by atoms with van der Waals surface area (Å²) in [6.07, 6.45) is 4.18. The van der Waals surface area contributed by atoms with E-state index in [1.807, 2.05) is 18.2 Å². The van der Waals surface area contributed by atoms with Crippen LogP contribution in [0.1, 0.15) is 44.3 Å². The van der Waals surface area contributed by atoms with Gasteiger partial charge in [0.25, 0.3) is 0 Å². The van der Waals surface area contributed by atoms with Crippen LogP contribution in [0.15, 0.2) is 18.2 Å². The summed E-state index contributed by atoms with van der Waals surface area (Å²) in [5, 5.41) is 19.5. The lowest BCUT2D eigenvalue weighted by Crippen LogP contribution is -2.36. The molecule has 2 rings (SSSR count). The fraction of sp³-hybridized carbons (Fsp3) is 0.625. The molecule has 4 nitrogen and oxygen atoms in total. The zero-order valence-corrected chi connectivity index (χ0v) is 12.4. The van der Waals surface area contributed by atoms with Crippen LogP contribution in [0.4, 0.5) is 5.69 Å². The second-order valence-corrected chi connectivity index (χ2v) is 5.42. The number of ether oxygens (including phenoxy) is 1. The molecule has 0 aromatic heterocycles. The van der Waals surface area contributed by atoms with E-state index in [2.05, 4.69) is 4.90 Å². The van der Waals surface area contributed by atoms with Crippen LogP contribution in [0.25, 0.3) is 0 Å². The molecule has 2 N–H and O–H groups in total. The molecule has 1 fully saturated rings. The van der Waals surface area contributed by atoms with Crippen LogP contribution in [0.2, 0.25) is 0 Å². The quantitative estimate of drug-likeness (QED) is 0.840. The summed E-state index contributed by atoms with van der Waals surface area (Å²) < 4.78 is 5.39. The number of methoxy groups -OCH3 is 1. The van der Waals surface area contributed by atoms with E-state index in [9.17, 15) is 10.2 Å². The van der Waals surface area contributed by atoms with Crippen molar-refractivity contribution in [3.05, 3.63) is 23.8 Å². The first kappa shape index (κ1) is 15.1. The van der Waals surface area contributed by atoms with Crippen molar-refractivity contribution in [2.45, 2.75) is 44.8 Å². The Morgan fingerprint density at radius 3 is 2.60 bits per heavy atom. The highest BCUT2D eigenvalue weighted by molar-refractivity contribution is 5.61. The zero-order chi connectivity index (χ0) is 14.5. The summed E-state index contributed by atoms with van der Waals surface area (Å²) in [5.41, 5.74) is 1.80. The van der Waals surface area contributed by atoms with Gasteiger partial charge in [0.05, 0.1) is 19.8 Å². The average Bonchev–Trinajstić information content (AvgIpc) is 2.97. The summed E-state index contributed by atoms with van der Waals surface area (Å²) in [6, 6.07) is 6.28. The standard InChI is InChI=1S/C16H25NO3/c1-12(19)16-14(8-5-9-15(16)20-2)17(10-11-18)13-6-3-4-7-13/h5,8-9,12-13,18-19H,3-4,6-7,10-11H2,1-2H3/t12-/m1/s1. The fourth-order valence-electron chi connectivity index (χ4n) is 3.20. The van der Waals surface area contributed by atoms with Crippen LogP contribution in [0.3, 0.4) is 0 Å². The summed E-state index contributed by atoms with van der Waals surface area (Å²) in [7, 11) is 1.62. The number of anilines is 1. The maximum Gasteiger partial charge on any atom is 0.126 e. The van der Waals surface area contributed by atoms with Gasteiger partial charge in [-0.25, -0.2) is 0 Å². The van der Waals surface area contributed by atoms with Gasteiger partial charge in [0.2, 0.25) is 0 Å². The van der Waals surface area contributed by atoms with Crippen molar-refractivity contribution in [1.82, 2.24) is 0 Å². The third kappa shape index (κ3) is 3.07. The minimum atomic E-state index is -0.594. The van der Waals surface area contributed by atoms with Gasteiger partial charge >= 0.3 is 0 Å². The Morgan fingerprint density at radius 1 is 1.35 bits per heavy atom. The highest BCUT2D eigenvalue weighted by Crippen LogP contribution is 2.37. The van der Waals surface area contributed by atoms with E-state index in [-0.39, 0.29) is 6.61 Å². The minimum Gasteiger partial charge on any atom is -0.496 e. The maximum absolute atomic E-state index is 10.1. The van der Waals surface area contributed by atoms with Gasteiger partial charge in [0.15, 0.2) is 0 Å². The molecule has 0 saturated heterocycles. The third-order valence-electron chi connectivity index (χ3n) is 4.10. The summed E-state index contributed by atoms with van der Waals surface area (Å²) in [4.78, 5) is 2.23. The largest absolute Gasteiger partial charge is 0.496 e. The molecule has 0 radical (unpaired) electrons. The second-order valence-electron chi connectivity index (χ2n) is 5.42. The lowest BCUT2D eigenvalue weighted by Gasteiger charge is -2.33. The molecule has 20 heavy (non-hydrogen) atoms. The summed E-state index contributed by atoms with van der Waals surface area (Å²) in [5.74, 6) is 0.707. The van der Waals surface area contributed by atoms with Gasteiger partial charge in [-0.15, -0.1) is 0 Å². The van der Waals surface area contributed by atoms with Gasteiger partial charge in [-0.05, 0) is 31.9 Å². The van der Waals surface area contributed by atoms with Gasteiger partial charge < -0.3 is 19.8 Å². The molecule has 1 atom stereocenters. The SMILES string of the molecule is COc1cccc(N(CCO)C2CCCC2)c1[C@@H](C)O. The third-order valence-corrected chi connectivity index (χ3v) is 4.10. The molecule has 0 amide bonds. The Labute approximate surface area is 121 Å². The number of hydrogen-bond acceptors (Lipinski definition) is 4. The monoisotopic (exact) mass is 279 g/mol. The molecule has 112 valence electrons. The molecule has 1 aromatic rings. The van der Waals surface area contributed by atoms with Gasteiger partial charge in [0, 0.05) is 23.8 Å². The first-order chi connectivity index (χ1) is 9.69. The van der Waals surface area contributed by atoms with Gasteiger partial charge in [-0.3, -0.25) is 0 Å². The van der Waals surface area contributed by atoms with E-state index in [4.69, 9.17) is 4.74 Å². The maximum atomic E-state index is 10.1. The highest BCUT2D eigenvalue weighted by Gasteiger charge is 2.26. The average molecular weight is 279 g/mol. The van der Waals surface area contributed by atoms with Crippen molar-refractivity contribution < 1.29 is 14.9 Å². The molecule has 0 aliphatic heterocycles. The Morgan fingerprint density at radius 2 is 2.05 bits per heavy atom. The molecule has 1 aromatic carbocycles. The number of hydrogen-bond donors (Lipinski definition) is 2. The molecule has 0 bridgehead atoms. The Kier molecular flexibility index (Phi) is 5.26. The van der Waals surface area contributed by atoms with E-state index < -0.39 is 6.10 Å². The minimum absolute atomic E-state index is 0.118. The molecular formula is C16H25NO3. The molecule has 1 saturated carbocycles. The number of rotatable bonds is 6. The van der Waals surface area contributed by atoms with Gasteiger partial charge in [0.1, 0.15) is 5.75 Å². The van der Waals surface area contributed by atoms with Crippen LogP contribution < -0.4 is 9.64 Å². The van der Waals surface area contributed by atoms with Crippen molar-refractivity contribution in [3.63, 3.8) is 0 Å². The lowest BCUT2D eigenvalue weighted by atomic mass is 10.0. The number of aliphatic hydroxyl groups is 2. The number of benzene rings is 1. The highest BCUT2D eigenvalue weighted by atomic mass is 16.5. The molecule has 0 spiro atoms. The van der Waals surface area contributed by atoms with Crippen LogP contribution >= 0.6 is 0 Å². The topological polar surface area (TPSA) is 52.9 Å². The second kappa shape index (κ2) is 6.95. The predicted molar refractivity (Wildman–Crippen MR) is 80.3 cm³/mol. The first-order valence-corrected chi connectivity index (χ1v) is 7.41. The van der Waals surface area contributed by atoms with Crippen molar-refractivity contribution in [3.8, 4) is 5.75 Å². The normalized spacial score (nSPS) is 17.2. The number of nitrogens with zero attached hydrogens (tertiary/aromatic N) is 1. The fourth-order valence-corrected chi connectivity index (χ4v) is 3.20. The van der Waals surface area contributed by atoms with Crippen LogP contribution in [0, 0.1) is 0 Å². The first-order valence-electron chi connectivity index (χ1n) is 7.41. The molecule has 1 aliphatic rings. The molecule has 1 aliphatic carbocycles. The van der Waals surface area contributed by atoms with E-state index in [1.165, 1.54) is 12.8 Å². The summed E-state index contributed by atoms with van der Waals surface area (Å²) >= 11 is 0. The van der Waals surface area contributed by atoms with Gasteiger partial charge in [-0.2, -0.15) is 0 Å². The molecule has 4 heteroatoms. The molecule has 0 heterocycles. The Balaban J connectivity index is 2.41. The predicted octanol–water partition coefficient (Wildman–Crippen LogP) is 2.49. The van der Waals surface area contributed by atoms with Crippen LogP contribution in [0.5, 0.6) is 5.75 Å². The summed E-state index contributed by atoms with van der Waals surface area (Å²) in [6.45, 7) is 2.47. The van der Waals surface area contributed by atoms with Gasteiger partial charge in [-0.1, -0.05) is 18.9 Å². The molecule has 0 unspecified atom stereocenters. The van der Waals surface area contributed by atoms with E-state index in [0.717, 1.165) is 24.1 Å². The lowest BCUT2D eigenvalue weighted by molar-refractivity contribution is 0.194. The van der Waals surface area contributed by atoms with Crippen molar-refractivity contribution >= 4 is 5.69 Å². The Hall–Kier alpha value is -1.26. The van der Waals surface area contributed by atoms with Crippen LogP contribution in [-0.4, -0.2) is 36.5 Å². The smallest absolute Gasteiger partial charge is 0.126 e. The van der Waals surface area contributed by atoms with Crippen molar-refractivity contribution in [2.24, 2.45) is 0 Å². The number of aliphatic hydroxyl groups excluding tert-OH is 2.